The van der Waals surface area contributed by atoms with Crippen LogP contribution in [-0.2, 0) is 17.6 Å². The summed E-state index contributed by atoms with van der Waals surface area (Å²) < 4.78 is 20.6. The highest BCUT2D eigenvalue weighted by atomic mass is 19.1. The van der Waals surface area contributed by atoms with Crippen LogP contribution in [0.1, 0.15) is 35.6 Å². The first kappa shape index (κ1) is 19.9. The molecule has 0 radical (unpaired) electrons. The first-order valence-electron chi connectivity index (χ1n) is 11.3. The minimum Gasteiger partial charge on any atom is -0.487 e. The molecule has 2 atom stereocenters. The number of aromatic nitrogens is 3. The summed E-state index contributed by atoms with van der Waals surface area (Å²) in [6.45, 7) is 0.314. The molecule has 2 aromatic carbocycles. The van der Waals surface area contributed by atoms with Crippen molar-refractivity contribution in [3.05, 3.63) is 77.5 Å². The molecule has 2 aliphatic rings. The van der Waals surface area contributed by atoms with E-state index in [4.69, 9.17) is 4.74 Å². The fraction of sp³-hybridized carbons (Fsp3) is 0.269. The van der Waals surface area contributed by atoms with Crippen molar-refractivity contribution < 1.29 is 13.9 Å². The Kier molecular flexibility index (Phi) is 4.82. The molecule has 2 aromatic heterocycles. The quantitative estimate of drug-likeness (QED) is 0.494. The molecule has 1 aliphatic carbocycles. The molecule has 0 bridgehead atoms. The van der Waals surface area contributed by atoms with E-state index in [0.29, 0.717) is 35.7 Å². The number of halogens is 1. The Morgan fingerprint density at radius 1 is 1.12 bits per heavy atom. The van der Waals surface area contributed by atoms with Crippen LogP contribution < -0.4 is 10.1 Å². The Morgan fingerprint density at radius 2 is 1.97 bits per heavy atom. The van der Waals surface area contributed by atoms with E-state index in [-0.39, 0.29) is 23.7 Å². The maximum atomic E-state index is 14.5. The SMILES string of the molecule is O=C(NCC1Cc2c(F)ccc(-c3ncccn3)c2O1)C1CCCc2c1[nH]c1ccccc21. The Hall–Kier alpha value is -3.74. The minimum absolute atomic E-state index is 0.0193. The Bertz CT molecular complexity index is 1350. The topological polar surface area (TPSA) is 79.9 Å². The average Bonchev–Trinajstić information content (AvgIpc) is 3.45. The molecule has 1 aliphatic heterocycles. The number of nitrogens with zero attached hydrogens (tertiary/aromatic N) is 2. The van der Waals surface area contributed by atoms with Gasteiger partial charge in [0.25, 0.3) is 0 Å². The van der Waals surface area contributed by atoms with Gasteiger partial charge in [-0.15, -0.1) is 0 Å². The summed E-state index contributed by atoms with van der Waals surface area (Å²) in [6.07, 6.45) is 6.11. The molecular formula is C26H23FN4O2. The number of benzene rings is 2. The van der Waals surface area contributed by atoms with Gasteiger partial charge in [-0.25, -0.2) is 14.4 Å². The fourth-order valence-electron chi connectivity index (χ4n) is 5.11. The summed E-state index contributed by atoms with van der Waals surface area (Å²) in [5, 5.41) is 4.26. The molecule has 1 amide bonds. The Labute approximate surface area is 190 Å². The second kappa shape index (κ2) is 7.99. The van der Waals surface area contributed by atoms with Gasteiger partial charge in [0, 0.05) is 41.0 Å². The van der Waals surface area contributed by atoms with E-state index < -0.39 is 0 Å². The summed E-state index contributed by atoms with van der Waals surface area (Å²) >= 11 is 0. The Morgan fingerprint density at radius 3 is 2.85 bits per heavy atom. The summed E-state index contributed by atoms with van der Waals surface area (Å²) in [6, 6.07) is 13.0. The lowest BCUT2D eigenvalue weighted by atomic mass is 9.86. The maximum absolute atomic E-state index is 14.5. The molecule has 0 spiro atoms. The van der Waals surface area contributed by atoms with Gasteiger partial charge in [-0.3, -0.25) is 4.79 Å². The first-order chi connectivity index (χ1) is 16.2. The van der Waals surface area contributed by atoms with Gasteiger partial charge in [0.1, 0.15) is 17.7 Å². The number of para-hydroxylation sites is 1. The van der Waals surface area contributed by atoms with Crippen molar-refractivity contribution in [2.75, 3.05) is 6.54 Å². The van der Waals surface area contributed by atoms with E-state index in [9.17, 15) is 9.18 Å². The zero-order chi connectivity index (χ0) is 22.4. The van der Waals surface area contributed by atoms with E-state index in [0.717, 1.165) is 30.5 Å². The highest BCUT2D eigenvalue weighted by Gasteiger charge is 2.32. The monoisotopic (exact) mass is 442 g/mol. The number of nitrogens with one attached hydrogen (secondary N) is 2. The van der Waals surface area contributed by atoms with Gasteiger partial charge in [-0.2, -0.15) is 0 Å². The van der Waals surface area contributed by atoms with Crippen LogP contribution in [-0.4, -0.2) is 33.5 Å². The van der Waals surface area contributed by atoms with E-state index in [1.165, 1.54) is 17.0 Å². The van der Waals surface area contributed by atoms with Crippen LogP contribution in [0.2, 0.25) is 0 Å². The number of rotatable bonds is 4. The van der Waals surface area contributed by atoms with E-state index in [2.05, 4.69) is 32.4 Å². The van der Waals surface area contributed by atoms with E-state index >= 15 is 0 Å². The van der Waals surface area contributed by atoms with Crippen LogP contribution in [0.15, 0.2) is 54.9 Å². The van der Waals surface area contributed by atoms with E-state index in [1.54, 1.807) is 24.5 Å². The third kappa shape index (κ3) is 3.44. The van der Waals surface area contributed by atoms with E-state index in [1.807, 2.05) is 12.1 Å². The van der Waals surface area contributed by atoms with Crippen molar-refractivity contribution in [3.63, 3.8) is 0 Å². The Balaban J connectivity index is 1.19. The van der Waals surface area contributed by atoms with Crippen molar-refractivity contribution in [1.29, 1.82) is 0 Å². The zero-order valence-electron chi connectivity index (χ0n) is 18.0. The van der Waals surface area contributed by atoms with Crippen LogP contribution in [0, 0.1) is 5.82 Å². The number of hydrogen-bond acceptors (Lipinski definition) is 4. The molecule has 33 heavy (non-hydrogen) atoms. The van der Waals surface area contributed by atoms with Gasteiger partial charge in [-0.1, -0.05) is 18.2 Å². The lowest BCUT2D eigenvalue weighted by Crippen LogP contribution is -2.38. The van der Waals surface area contributed by atoms with Crippen LogP contribution in [0.5, 0.6) is 5.75 Å². The van der Waals surface area contributed by atoms with Crippen molar-refractivity contribution >= 4 is 16.8 Å². The number of amides is 1. The van der Waals surface area contributed by atoms with Gasteiger partial charge < -0.3 is 15.0 Å². The lowest BCUT2D eigenvalue weighted by molar-refractivity contribution is -0.123. The number of hydrogen-bond donors (Lipinski definition) is 2. The van der Waals surface area contributed by atoms with Gasteiger partial charge in [0.05, 0.1) is 18.0 Å². The third-order valence-electron chi connectivity index (χ3n) is 6.66. The number of aromatic amines is 1. The molecule has 6 nitrogen and oxygen atoms in total. The normalized spacial score (nSPS) is 19.1. The number of H-pyrrole nitrogens is 1. The highest BCUT2D eigenvalue weighted by molar-refractivity contribution is 5.90. The van der Waals surface area contributed by atoms with Gasteiger partial charge >= 0.3 is 0 Å². The van der Waals surface area contributed by atoms with Crippen molar-refractivity contribution in [2.24, 2.45) is 0 Å². The molecule has 7 heteroatoms. The van der Waals surface area contributed by atoms with Crippen LogP contribution in [0.25, 0.3) is 22.3 Å². The smallest absolute Gasteiger partial charge is 0.229 e. The average molecular weight is 442 g/mol. The molecule has 0 saturated carbocycles. The second-order valence-corrected chi connectivity index (χ2v) is 8.67. The van der Waals surface area contributed by atoms with Crippen LogP contribution >= 0.6 is 0 Å². The molecule has 2 unspecified atom stereocenters. The molecule has 2 N–H and O–H groups in total. The minimum atomic E-state index is -0.339. The molecule has 6 rings (SSSR count). The summed E-state index contributed by atoms with van der Waals surface area (Å²) in [7, 11) is 0. The number of ether oxygens (including phenoxy) is 1. The van der Waals surface area contributed by atoms with Crippen molar-refractivity contribution in [2.45, 2.75) is 37.7 Å². The molecule has 166 valence electrons. The predicted octanol–water partition coefficient (Wildman–Crippen LogP) is 4.30. The van der Waals surface area contributed by atoms with Crippen molar-refractivity contribution in [3.8, 4) is 17.1 Å². The maximum Gasteiger partial charge on any atom is 0.229 e. The van der Waals surface area contributed by atoms with Crippen LogP contribution in [0.3, 0.4) is 0 Å². The number of fused-ring (bicyclic) bond motifs is 4. The first-order valence-corrected chi connectivity index (χ1v) is 11.3. The lowest BCUT2D eigenvalue weighted by Gasteiger charge is -2.23. The molecular weight excluding hydrogens is 419 g/mol. The van der Waals surface area contributed by atoms with Crippen molar-refractivity contribution in [1.82, 2.24) is 20.3 Å². The molecule has 4 aromatic rings. The number of carbonyl (C=O) groups is 1. The highest BCUT2D eigenvalue weighted by Crippen LogP contribution is 2.39. The van der Waals surface area contributed by atoms with Crippen LogP contribution in [0.4, 0.5) is 4.39 Å². The predicted molar refractivity (Wildman–Crippen MR) is 123 cm³/mol. The zero-order valence-corrected chi connectivity index (χ0v) is 18.0. The standard InChI is InChI=1S/C26H23FN4O2/c27-21-10-9-19(25-28-11-4-12-29-25)24-20(21)13-15(33-24)14-30-26(32)18-7-3-6-17-16-5-1-2-8-22(16)31-23(17)18/h1-2,4-5,8-12,15,18,31H,3,6-7,13-14H2,(H,30,32). The third-order valence-corrected chi connectivity index (χ3v) is 6.66. The number of carbonyl (C=O) groups excluding carboxylic acids is 1. The van der Waals surface area contributed by atoms with Gasteiger partial charge in [0.2, 0.25) is 5.91 Å². The summed E-state index contributed by atoms with van der Waals surface area (Å²) in [5.74, 6) is 0.417. The molecule has 0 fully saturated rings. The summed E-state index contributed by atoms with van der Waals surface area (Å²) in [4.78, 5) is 25.1. The van der Waals surface area contributed by atoms with Gasteiger partial charge in [0.15, 0.2) is 5.82 Å². The fourth-order valence-corrected chi connectivity index (χ4v) is 5.11. The molecule has 0 saturated heterocycles. The van der Waals surface area contributed by atoms with Gasteiger partial charge in [-0.05, 0) is 49.1 Å². The molecule has 3 heterocycles. The number of aryl methyl sites for hydroxylation is 1. The second-order valence-electron chi connectivity index (χ2n) is 8.67. The summed E-state index contributed by atoms with van der Waals surface area (Å²) in [5.41, 5.74) is 4.51. The largest absolute Gasteiger partial charge is 0.487 e.